The fraction of sp³-hybridized carbons (Fsp3) is 0.280. The summed E-state index contributed by atoms with van der Waals surface area (Å²) in [6, 6.07) is 16.8. The molecule has 0 bridgehead atoms. The van der Waals surface area contributed by atoms with Crippen LogP contribution in [0.5, 0.6) is 5.75 Å². The van der Waals surface area contributed by atoms with Crippen LogP contribution in [0.15, 0.2) is 66.7 Å². The quantitative estimate of drug-likeness (QED) is 0.424. The summed E-state index contributed by atoms with van der Waals surface area (Å²) in [5, 5.41) is 0.199. The number of nitrogens with zero attached hydrogens (tertiary/aromatic N) is 2. The predicted molar refractivity (Wildman–Crippen MR) is 121 cm³/mol. The van der Waals surface area contributed by atoms with Gasteiger partial charge in [-0.25, -0.2) is 13.2 Å². The molecule has 3 nitrogen and oxygen atoms in total. The average Bonchev–Trinajstić information content (AvgIpc) is 2.80. The van der Waals surface area contributed by atoms with Gasteiger partial charge in [0.1, 0.15) is 29.3 Å². The van der Waals surface area contributed by atoms with E-state index in [2.05, 4.69) is 9.80 Å². The Kier molecular flexibility index (Phi) is 7.22. The normalized spacial score (nSPS) is 15.6. The molecule has 0 saturated carbocycles. The molecule has 0 spiro atoms. The van der Waals surface area contributed by atoms with Crippen molar-refractivity contribution in [2.45, 2.75) is 12.5 Å². The van der Waals surface area contributed by atoms with Gasteiger partial charge in [0.2, 0.25) is 0 Å². The molecule has 3 aromatic carbocycles. The summed E-state index contributed by atoms with van der Waals surface area (Å²) in [7, 11) is 0. The number of hydrogen-bond acceptors (Lipinski definition) is 3. The van der Waals surface area contributed by atoms with Crippen LogP contribution in [-0.4, -0.2) is 37.6 Å². The van der Waals surface area contributed by atoms with Crippen molar-refractivity contribution in [2.75, 3.05) is 37.6 Å². The van der Waals surface area contributed by atoms with Crippen molar-refractivity contribution >= 4 is 17.3 Å². The van der Waals surface area contributed by atoms with E-state index >= 15 is 0 Å². The fourth-order valence-corrected chi connectivity index (χ4v) is 4.09. The smallest absolute Gasteiger partial charge is 0.139 e. The van der Waals surface area contributed by atoms with Gasteiger partial charge in [0.15, 0.2) is 0 Å². The molecule has 1 fully saturated rings. The minimum Gasteiger partial charge on any atom is -0.484 e. The molecule has 0 unspecified atom stereocenters. The largest absolute Gasteiger partial charge is 0.484 e. The molecule has 4 rings (SSSR count). The van der Waals surface area contributed by atoms with Crippen molar-refractivity contribution in [2.24, 2.45) is 0 Å². The Hall–Kier alpha value is -2.70. The molecular weight excluding hydrogens is 437 g/mol. The number of halogens is 4. The summed E-state index contributed by atoms with van der Waals surface area (Å²) in [5.74, 6) is -0.590. The van der Waals surface area contributed by atoms with Gasteiger partial charge in [0.05, 0.1) is 5.02 Å². The Morgan fingerprint density at radius 3 is 2.00 bits per heavy atom. The standard InChI is InChI=1S/C25H24ClF3N2O/c26-23-17-21(29)7-10-25(23)32-24(18-1-3-19(27)4-2-18)11-12-30-13-15-31(16-14-30)22-8-5-20(28)6-9-22/h1-10,17,24H,11-16H2/t24-/m1/s1. The van der Waals surface area contributed by atoms with Gasteiger partial charge >= 0.3 is 0 Å². The van der Waals surface area contributed by atoms with Crippen molar-refractivity contribution in [3.05, 3.63) is 94.8 Å². The van der Waals surface area contributed by atoms with Gasteiger partial charge in [-0.1, -0.05) is 23.7 Å². The first-order valence-corrected chi connectivity index (χ1v) is 11.0. The average molecular weight is 461 g/mol. The number of ether oxygens (including phenoxy) is 1. The summed E-state index contributed by atoms with van der Waals surface area (Å²) < 4.78 is 46.1. The third-order valence-electron chi connectivity index (χ3n) is 5.68. The van der Waals surface area contributed by atoms with E-state index in [1.807, 2.05) is 0 Å². The molecule has 7 heteroatoms. The Morgan fingerprint density at radius 1 is 0.781 bits per heavy atom. The molecule has 0 radical (unpaired) electrons. The van der Waals surface area contributed by atoms with E-state index in [1.54, 1.807) is 24.3 Å². The Balaban J connectivity index is 1.39. The van der Waals surface area contributed by atoms with E-state index in [9.17, 15) is 13.2 Å². The van der Waals surface area contributed by atoms with Crippen LogP contribution >= 0.6 is 11.6 Å². The third-order valence-corrected chi connectivity index (χ3v) is 5.97. The van der Waals surface area contributed by atoms with Gasteiger partial charge < -0.3 is 9.64 Å². The van der Waals surface area contributed by atoms with Crippen molar-refractivity contribution in [3.63, 3.8) is 0 Å². The number of rotatable bonds is 7. The minimum atomic E-state index is -0.431. The summed E-state index contributed by atoms with van der Waals surface area (Å²) in [6.07, 6.45) is 0.310. The van der Waals surface area contributed by atoms with Crippen LogP contribution in [0.4, 0.5) is 18.9 Å². The lowest BCUT2D eigenvalue weighted by molar-refractivity contribution is 0.160. The highest BCUT2D eigenvalue weighted by atomic mass is 35.5. The SMILES string of the molecule is Fc1ccc([C@@H](CCN2CCN(c3ccc(F)cc3)CC2)Oc2ccc(F)cc2Cl)cc1. The van der Waals surface area contributed by atoms with Crippen molar-refractivity contribution in [3.8, 4) is 5.75 Å². The van der Waals surface area contributed by atoms with E-state index in [1.165, 1.54) is 42.5 Å². The van der Waals surface area contributed by atoms with E-state index < -0.39 is 5.82 Å². The minimum absolute atomic E-state index is 0.199. The molecule has 1 atom stereocenters. The first kappa shape index (κ1) is 22.5. The number of piperazine rings is 1. The predicted octanol–water partition coefficient (Wildman–Crippen LogP) is 6.09. The van der Waals surface area contributed by atoms with Crippen LogP contribution in [-0.2, 0) is 0 Å². The summed E-state index contributed by atoms with van der Waals surface area (Å²) in [5.41, 5.74) is 1.85. The second-order valence-corrected chi connectivity index (χ2v) is 8.23. The van der Waals surface area contributed by atoms with Crippen LogP contribution in [0, 0.1) is 17.5 Å². The van der Waals surface area contributed by atoms with Gasteiger partial charge in [0, 0.05) is 44.8 Å². The zero-order valence-electron chi connectivity index (χ0n) is 17.5. The molecule has 1 saturated heterocycles. The number of hydrogen-bond donors (Lipinski definition) is 0. The first-order chi connectivity index (χ1) is 15.5. The maximum Gasteiger partial charge on any atom is 0.139 e. The Morgan fingerprint density at radius 2 is 1.38 bits per heavy atom. The Labute approximate surface area is 191 Å². The van der Waals surface area contributed by atoms with E-state index in [0.717, 1.165) is 44.0 Å². The van der Waals surface area contributed by atoms with Crippen molar-refractivity contribution in [1.82, 2.24) is 4.90 Å². The lowest BCUT2D eigenvalue weighted by Gasteiger charge is -2.36. The van der Waals surface area contributed by atoms with E-state index in [4.69, 9.17) is 16.3 Å². The van der Waals surface area contributed by atoms with Gasteiger partial charge in [-0.05, 0) is 60.2 Å². The maximum atomic E-state index is 13.4. The summed E-state index contributed by atoms with van der Waals surface area (Å²) in [6.45, 7) is 4.20. The van der Waals surface area contributed by atoms with Gasteiger partial charge in [-0.15, -0.1) is 0 Å². The molecule has 1 aliphatic rings. The monoisotopic (exact) mass is 460 g/mol. The van der Waals surface area contributed by atoms with Gasteiger partial charge in [-0.2, -0.15) is 0 Å². The highest BCUT2D eigenvalue weighted by Crippen LogP contribution is 2.31. The summed E-state index contributed by atoms with van der Waals surface area (Å²) >= 11 is 6.15. The van der Waals surface area contributed by atoms with Crippen molar-refractivity contribution < 1.29 is 17.9 Å². The molecule has 32 heavy (non-hydrogen) atoms. The number of benzene rings is 3. The zero-order chi connectivity index (χ0) is 22.5. The molecule has 1 aliphatic heterocycles. The first-order valence-electron chi connectivity index (χ1n) is 10.6. The van der Waals surface area contributed by atoms with Crippen LogP contribution < -0.4 is 9.64 Å². The second kappa shape index (κ2) is 10.3. The molecule has 1 heterocycles. The molecule has 0 N–H and O–H groups in total. The second-order valence-electron chi connectivity index (χ2n) is 7.83. The van der Waals surface area contributed by atoms with Gasteiger partial charge in [0.25, 0.3) is 0 Å². The molecule has 168 valence electrons. The highest BCUT2D eigenvalue weighted by Gasteiger charge is 2.21. The van der Waals surface area contributed by atoms with E-state index in [-0.39, 0.29) is 22.8 Å². The van der Waals surface area contributed by atoms with E-state index in [0.29, 0.717) is 12.2 Å². The summed E-state index contributed by atoms with van der Waals surface area (Å²) in [4.78, 5) is 4.58. The lowest BCUT2D eigenvalue weighted by Crippen LogP contribution is -2.46. The number of anilines is 1. The van der Waals surface area contributed by atoms with Crippen molar-refractivity contribution in [1.29, 1.82) is 0 Å². The molecule has 0 aromatic heterocycles. The maximum absolute atomic E-state index is 13.4. The topological polar surface area (TPSA) is 15.7 Å². The molecule has 3 aromatic rings. The molecule has 0 aliphatic carbocycles. The van der Waals surface area contributed by atoms with Crippen LogP contribution in [0.3, 0.4) is 0 Å². The fourth-order valence-electron chi connectivity index (χ4n) is 3.88. The molecule has 0 amide bonds. The van der Waals surface area contributed by atoms with Crippen LogP contribution in [0.25, 0.3) is 0 Å². The van der Waals surface area contributed by atoms with Crippen LogP contribution in [0.2, 0.25) is 5.02 Å². The van der Waals surface area contributed by atoms with Gasteiger partial charge in [-0.3, -0.25) is 4.90 Å². The lowest BCUT2D eigenvalue weighted by atomic mass is 10.1. The Bertz CT molecular complexity index is 1020. The van der Waals surface area contributed by atoms with Crippen LogP contribution in [0.1, 0.15) is 18.1 Å². The third kappa shape index (κ3) is 5.75. The zero-order valence-corrected chi connectivity index (χ0v) is 18.2. The molecular formula is C25H24ClF3N2O. The highest BCUT2D eigenvalue weighted by molar-refractivity contribution is 6.32.